The second kappa shape index (κ2) is 9.97. The molecule has 4 nitrogen and oxygen atoms in total. The monoisotopic (exact) mass is 482 g/mol. The number of aliphatic carboxylic acids is 1. The quantitative estimate of drug-likeness (QED) is 0.360. The molecule has 3 rings (SSSR count). The average Bonchev–Trinajstić information content (AvgIpc) is 2.71. The standard InChI is InChI=1S/C23H15Cl2F3O4/c24-18-6-1-17(20(25)12-18)13-31-21-9-4-15(11-16(21)5-10-22(29)30)14-2-7-19(8-3-14)32-23(26,27)28/h1-12H,13H2,(H,29,30). The summed E-state index contributed by atoms with van der Waals surface area (Å²) in [7, 11) is 0. The fourth-order valence-corrected chi connectivity index (χ4v) is 3.26. The molecule has 0 aliphatic heterocycles. The van der Waals surface area contributed by atoms with Crippen molar-refractivity contribution < 1.29 is 32.5 Å². The SMILES string of the molecule is O=C(O)C=Cc1cc(-c2ccc(OC(F)(F)F)cc2)ccc1OCc1ccc(Cl)cc1Cl. The number of carboxylic acid groups (broad SMARTS) is 1. The largest absolute Gasteiger partial charge is 0.573 e. The number of hydrogen-bond acceptors (Lipinski definition) is 3. The second-order valence-electron chi connectivity index (χ2n) is 6.52. The van der Waals surface area contributed by atoms with Gasteiger partial charge in [-0.3, -0.25) is 0 Å². The summed E-state index contributed by atoms with van der Waals surface area (Å²) < 4.78 is 46.7. The molecule has 0 fully saturated rings. The van der Waals surface area contributed by atoms with Gasteiger partial charge in [0.2, 0.25) is 0 Å². The van der Waals surface area contributed by atoms with Crippen molar-refractivity contribution in [2.24, 2.45) is 0 Å². The minimum Gasteiger partial charge on any atom is -0.488 e. The van der Waals surface area contributed by atoms with Crippen molar-refractivity contribution in [3.05, 3.63) is 87.9 Å². The van der Waals surface area contributed by atoms with E-state index in [0.29, 0.717) is 38.0 Å². The number of benzene rings is 3. The predicted molar refractivity (Wildman–Crippen MR) is 116 cm³/mol. The number of hydrogen-bond donors (Lipinski definition) is 1. The fraction of sp³-hybridized carbons (Fsp3) is 0.0870. The molecule has 0 spiro atoms. The van der Waals surface area contributed by atoms with Crippen molar-refractivity contribution in [3.8, 4) is 22.6 Å². The minimum absolute atomic E-state index is 0.118. The van der Waals surface area contributed by atoms with E-state index in [9.17, 15) is 18.0 Å². The third kappa shape index (κ3) is 6.67. The molecule has 0 bridgehead atoms. The fourth-order valence-electron chi connectivity index (χ4n) is 2.79. The Morgan fingerprint density at radius 2 is 1.66 bits per heavy atom. The minimum atomic E-state index is -4.78. The lowest BCUT2D eigenvalue weighted by Gasteiger charge is -2.13. The third-order valence-electron chi connectivity index (χ3n) is 4.23. The van der Waals surface area contributed by atoms with Crippen molar-refractivity contribution in [3.63, 3.8) is 0 Å². The van der Waals surface area contributed by atoms with Gasteiger partial charge in [-0.05, 0) is 53.6 Å². The first kappa shape index (κ1) is 23.5. The molecule has 9 heteroatoms. The molecule has 0 radical (unpaired) electrons. The van der Waals surface area contributed by atoms with Gasteiger partial charge in [0.15, 0.2) is 0 Å². The third-order valence-corrected chi connectivity index (χ3v) is 4.82. The van der Waals surface area contributed by atoms with Crippen molar-refractivity contribution in [2.75, 3.05) is 0 Å². The van der Waals surface area contributed by atoms with Crippen LogP contribution in [0.15, 0.2) is 66.7 Å². The molecule has 0 amide bonds. The van der Waals surface area contributed by atoms with Crippen LogP contribution < -0.4 is 9.47 Å². The first-order valence-corrected chi connectivity index (χ1v) is 9.84. The molecule has 0 heterocycles. The maximum atomic E-state index is 12.3. The van der Waals surface area contributed by atoms with Crippen molar-refractivity contribution in [1.82, 2.24) is 0 Å². The van der Waals surface area contributed by atoms with E-state index < -0.39 is 12.3 Å². The summed E-state index contributed by atoms with van der Waals surface area (Å²) in [5.41, 5.74) is 2.40. The van der Waals surface area contributed by atoms with Gasteiger partial charge < -0.3 is 14.6 Å². The number of rotatable bonds is 7. The first-order valence-electron chi connectivity index (χ1n) is 9.09. The van der Waals surface area contributed by atoms with Gasteiger partial charge in [-0.1, -0.05) is 47.5 Å². The summed E-state index contributed by atoms with van der Waals surface area (Å²) in [6.45, 7) is 0.118. The van der Waals surface area contributed by atoms with Crippen molar-refractivity contribution in [2.45, 2.75) is 13.0 Å². The van der Waals surface area contributed by atoms with Crippen LogP contribution in [0.3, 0.4) is 0 Å². The van der Waals surface area contributed by atoms with Crippen LogP contribution in [-0.4, -0.2) is 17.4 Å². The van der Waals surface area contributed by atoms with E-state index in [1.54, 1.807) is 36.4 Å². The molecule has 166 valence electrons. The zero-order valence-electron chi connectivity index (χ0n) is 16.2. The van der Waals surface area contributed by atoms with E-state index in [4.69, 9.17) is 33.0 Å². The Morgan fingerprint density at radius 1 is 0.969 bits per heavy atom. The molecule has 0 atom stereocenters. The smallest absolute Gasteiger partial charge is 0.488 e. The van der Waals surface area contributed by atoms with E-state index in [-0.39, 0.29) is 12.4 Å². The van der Waals surface area contributed by atoms with Gasteiger partial charge in [-0.2, -0.15) is 0 Å². The van der Waals surface area contributed by atoms with Crippen LogP contribution in [0.4, 0.5) is 13.2 Å². The van der Waals surface area contributed by atoms with E-state index >= 15 is 0 Å². The Labute approximate surface area is 191 Å². The summed E-state index contributed by atoms with van der Waals surface area (Å²) >= 11 is 12.1. The highest BCUT2D eigenvalue weighted by molar-refractivity contribution is 6.35. The second-order valence-corrected chi connectivity index (χ2v) is 7.36. The summed E-state index contributed by atoms with van der Waals surface area (Å²) in [5.74, 6) is -1.09. The van der Waals surface area contributed by atoms with Gasteiger partial charge in [0.25, 0.3) is 0 Å². The van der Waals surface area contributed by atoms with Gasteiger partial charge in [-0.25, -0.2) is 4.79 Å². The van der Waals surface area contributed by atoms with E-state index in [1.807, 2.05) is 0 Å². The van der Waals surface area contributed by atoms with Crippen LogP contribution in [0.2, 0.25) is 10.0 Å². The van der Waals surface area contributed by atoms with E-state index in [1.165, 1.54) is 30.3 Å². The lowest BCUT2D eigenvalue weighted by Crippen LogP contribution is -2.16. The van der Waals surface area contributed by atoms with E-state index in [2.05, 4.69) is 4.74 Å². The van der Waals surface area contributed by atoms with Crippen molar-refractivity contribution >= 4 is 35.2 Å². The maximum Gasteiger partial charge on any atom is 0.573 e. The van der Waals surface area contributed by atoms with E-state index in [0.717, 1.165) is 6.08 Å². The highest BCUT2D eigenvalue weighted by Gasteiger charge is 2.30. The van der Waals surface area contributed by atoms with Crippen LogP contribution in [0.5, 0.6) is 11.5 Å². The van der Waals surface area contributed by atoms with Crippen LogP contribution in [-0.2, 0) is 11.4 Å². The molecule has 3 aromatic rings. The lowest BCUT2D eigenvalue weighted by atomic mass is 10.0. The summed E-state index contributed by atoms with van der Waals surface area (Å²) in [5, 5.41) is 9.90. The number of alkyl halides is 3. The van der Waals surface area contributed by atoms with Gasteiger partial charge in [0.05, 0.1) is 0 Å². The molecule has 0 aliphatic carbocycles. The molecule has 0 aliphatic rings. The number of carbonyl (C=O) groups is 1. The first-order chi connectivity index (χ1) is 15.1. The normalized spacial score (nSPS) is 11.5. The highest BCUT2D eigenvalue weighted by atomic mass is 35.5. The maximum absolute atomic E-state index is 12.3. The Morgan fingerprint density at radius 3 is 2.28 bits per heavy atom. The zero-order valence-corrected chi connectivity index (χ0v) is 17.7. The summed E-state index contributed by atoms with van der Waals surface area (Å²) in [6, 6.07) is 15.3. The topological polar surface area (TPSA) is 55.8 Å². The predicted octanol–water partition coefficient (Wildman–Crippen LogP) is 7.24. The molecule has 0 saturated heterocycles. The Balaban J connectivity index is 1.86. The average molecular weight is 483 g/mol. The van der Waals surface area contributed by atoms with Crippen LogP contribution in [0.1, 0.15) is 11.1 Å². The molecular formula is C23H15Cl2F3O4. The van der Waals surface area contributed by atoms with Gasteiger partial charge in [-0.15, -0.1) is 13.2 Å². The highest BCUT2D eigenvalue weighted by Crippen LogP contribution is 2.31. The van der Waals surface area contributed by atoms with Crippen LogP contribution in [0.25, 0.3) is 17.2 Å². The molecule has 0 aromatic heterocycles. The van der Waals surface area contributed by atoms with Crippen molar-refractivity contribution in [1.29, 1.82) is 0 Å². The number of carboxylic acids is 1. The molecular weight excluding hydrogens is 468 g/mol. The van der Waals surface area contributed by atoms with Gasteiger partial charge >= 0.3 is 12.3 Å². The Bertz CT molecular complexity index is 1140. The molecule has 0 unspecified atom stereocenters. The summed E-state index contributed by atoms with van der Waals surface area (Å²) in [6.07, 6.45) is -2.45. The molecule has 0 saturated carbocycles. The number of halogens is 5. The molecule has 1 N–H and O–H groups in total. The number of ether oxygens (including phenoxy) is 2. The zero-order chi connectivity index (χ0) is 23.3. The summed E-state index contributed by atoms with van der Waals surface area (Å²) in [4.78, 5) is 11.0. The van der Waals surface area contributed by atoms with Gasteiger partial charge in [0, 0.05) is 27.2 Å². The Hall–Kier alpha value is -3.16. The van der Waals surface area contributed by atoms with Crippen LogP contribution in [0, 0.1) is 0 Å². The molecule has 32 heavy (non-hydrogen) atoms. The van der Waals surface area contributed by atoms with Crippen LogP contribution >= 0.6 is 23.2 Å². The Kier molecular flexibility index (Phi) is 7.33. The van der Waals surface area contributed by atoms with Gasteiger partial charge in [0.1, 0.15) is 18.1 Å². The lowest BCUT2D eigenvalue weighted by molar-refractivity contribution is -0.274. The molecule has 3 aromatic carbocycles.